The van der Waals surface area contributed by atoms with Gasteiger partial charge in [-0.15, -0.1) is 0 Å². The zero-order valence-corrected chi connectivity index (χ0v) is 48.5. The van der Waals surface area contributed by atoms with Crippen LogP contribution >= 0.6 is 11.6 Å². The third-order valence-corrected chi connectivity index (χ3v) is 16.5. The first kappa shape index (κ1) is 58.5. The van der Waals surface area contributed by atoms with Gasteiger partial charge < -0.3 is 43.1 Å². The lowest BCUT2D eigenvalue weighted by atomic mass is 9.94. The van der Waals surface area contributed by atoms with Gasteiger partial charge in [0.25, 0.3) is 0 Å². The zero-order valence-electron chi connectivity index (χ0n) is 47.7. The number of methoxy groups -OCH3 is 4. The Labute approximate surface area is 493 Å². The highest BCUT2D eigenvalue weighted by Crippen LogP contribution is 2.52. The normalized spacial score (nSPS) is 17.9. The highest BCUT2D eigenvalue weighted by atomic mass is 35.5. The van der Waals surface area contributed by atoms with Crippen LogP contribution in [0.25, 0.3) is 22.2 Å². The number of aryl methyl sites for hydroxylation is 1. The van der Waals surface area contributed by atoms with Crippen molar-refractivity contribution < 1.29 is 54.8 Å². The summed E-state index contributed by atoms with van der Waals surface area (Å²) in [7, 11) is 6.30. The van der Waals surface area contributed by atoms with Gasteiger partial charge in [-0.25, -0.2) is 23.1 Å². The molecule has 0 bridgehead atoms. The number of rotatable bonds is 20. The fraction of sp³-hybridized carbons (Fsp3) is 0.344. The molecule has 0 saturated carbocycles. The molecular weight excluding hydrogens is 1130 g/mol. The number of pyridine rings is 2. The molecule has 3 aromatic heterocycles. The van der Waals surface area contributed by atoms with Crippen LogP contribution in [0.15, 0.2) is 121 Å². The molecule has 3 aliphatic heterocycles. The van der Waals surface area contributed by atoms with Gasteiger partial charge in [-0.2, -0.15) is 23.1 Å². The van der Waals surface area contributed by atoms with Crippen molar-refractivity contribution in [2.24, 2.45) is 0 Å². The lowest BCUT2D eigenvalue weighted by molar-refractivity contribution is -0.137. The van der Waals surface area contributed by atoms with Gasteiger partial charge in [-0.1, -0.05) is 66.2 Å². The van der Waals surface area contributed by atoms with Crippen molar-refractivity contribution in [3.8, 4) is 46.0 Å². The Morgan fingerprint density at radius 1 is 0.718 bits per heavy atom. The second kappa shape index (κ2) is 24.4. The Hall–Kier alpha value is -8.23. The molecule has 4 atom stereocenters. The molecule has 0 amide bonds. The van der Waals surface area contributed by atoms with Gasteiger partial charge in [0.2, 0.25) is 0 Å². The van der Waals surface area contributed by atoms with E-state index in [1.165, 1.54) is 13.0 Å². The Bertz CT molecular complexity index is 3570. The summed E-state index contributed by atoms with van der Waals surface area (Å²) >= 11 is 7.38. The predicted molar refractivity (Wildman–Crippen MR) is 314 cm³/mol. The Morgan fingerprint density at radius 3 is 1.72 bits per heavy atom. The van der Waals surface area contributed by atoms with Crippen molar-refractivity contribution in [3.05, 3.63) is 171 Å². The van der Waals surface area contributed by atoms with Crippen LogP contribution in [0.4, 0.5) is 43.8 Å². The molecule has 2 unspecified atom stereocenters. The number of halogens is 7. The van der Waals surface area contributed by atoms with Crippen LogP contribution in [-0.2, 0) is 32.4 Å². The van der Waals surface area contributed by atoms with Gasteiger partial charge in [0, 0.05) is 63.9 Å². The molecule has 8 aromatic rings. The highest BCUT2D eigenvalue weighted by Gasteiger charge is 2.53. The Kier molecular flexibility index (Phi) is 16.8. The molecule has 0 spiro atoms. The lowest BCUT2D eigenvalue weighted by Gasteiger charge is -2.34. The molecule has 3 aliphatic rings. The molecule has 85 heavy (non-hydrogen) atoms. The summed E-state index contributed by atoms with van der Waals surface area (Å²) in [4.78, 5) is 26.8. The first-order valence-corrected chi connectivity index (χ1v) is 28.2. The molecule has 21 heteroatoms. The Morgan fingerprint density at radius 2 is 1.22 bits per heavy atom. The smallest absolute Gasteiger partial charge is 0.418 e. The van der Waals surface area contributed by atoms with E-state index < -0.39 is 63.3 Å². The van der Waals surface area contributed by atoms with Crippen LogP contribution in [0.3, 0.4) is 0 Å². The summed E-state index contributed by atoms with van der Waals surface area (Å²) < 4.78 is 131. The quantitative estimate of drug-likeness (QED) is 0.0673. The van der Waals surface area contributed by atoms with Crippen molar-refractivity contribution >= 4 is 40.0 Å². The van der Waals surface area contributed by atoms with Gasteiger partial charge in [-0.3, -0.25) is 4.90 Å². The largest absolute Gasteiger partial charge is 0.497 e. The third-order valence-electron chi connectivity index (χ3n) is 16.2. The van der Waals surface area contributed by atoms with E-state index in [0.717, 1.165) is 27.8 Å². The first-order valence-electron chi connectivity index (χ1n) is 27.8. The van der Waals surface area contributed by atoms with E-state index in [-0.39, 0.29) is 93.1 Å². The number of benzene rings is 5. The molecule has 444 valence electrons. The third kappa shape index (κ3) is 12.1. The van der Waals surface area contributed by atoms with Gasteiger partial charge in [0.15, 0.2) is 11.6 Å². The minimum Gasteiger partial charge on any atom is -0.497 e. The number of hydrogen-bond donors (Lipinski definition) is 0. The van der Waals surface area contributed by atoms with Crippen molar-refractivity contribution in [1.82, 2.24) is 24.8 Å². The maximum Gasteiger partial charge on any atom is 0.418 e. The zero-order chi connectivity index (χ0) is 59.7. The molecule has 6 heterocycles. The van der Waals surface area contributed by atoms with Crippen LogP contribution in [0.1, 0.15) is 64.8 Å². The molecule has 0 radical (unpaired) electrons. The lowest BCUT2D eigenvalue weighted by Crippen LogP contribution is -2.43. The summed E-state index contributed by atoms with van der Waals surface area (Å²) in [6.45, 7) is 4.06. The number of ether oxygens (including phenoxy) is 6. The van der Waals surface area contributed by atoms with Crippen molar-refractivity contribution in [1.29, 1.82) is 0 Å². The van der Waals surface area contributed by atoms with Crippen LogP contribution < -0.4 is 43.1 Å². The highest BCUT2D eigenvalue weighted by molar-refractivity contribution is 6.36. The SMILES string of the molecule is COc1ccc(CN(Cc2ccc(OC)cc2)c2cc(C)c(C(F)(F)F)c(-c3c(Cl)c4c5c(nc(OCC67CC(F)CN6C[C@H](F)C7)nc5c3F)N([C@H](C)c3cccnc3N(Cc3ccc(OC)cc3)Cc3ccc(OC)cc3)CCO4)n2)cc1. The average molecular weight is 1190 g/mol. The Balaban J connectivity index is 1.07. The standard InChI is InChI=1S/C64H63ClF6N8O6/c1-38-28-51(76(31-40-9-17-46(80-3)18-10-40)32-41-11-19-47(81-4)20-12-41)73-57(54(38)64(69,70)71)52-55(65)59-53-58(56(52)68)74-62(85-37-63-29-44(66)35-78(63)36-45(67)30-63)75-61(53)79(26-27-84-59)39(2)50-8-7-25-72-60(50)77(33-42-13-21-48(82-5)22-14-42)34-43-15-23-49(83-6)24-16-43/h7-25,28,39,44-45H,26-27,29-37H2,1-6H3/t39-,44-,45?,63?/m1/s1. The maximum atomic E-state index is 18.6. The number of anilines is 3. The van der Waals surface area contributed by atoms with E-state index in [1.807, 2.05) is 96.8 Å². The average Bonchev–Trinajstić information content (AvgIpc) is 1.73. The second-order valence-corrected chi connectivity index (χ2v) is 22.0. The van der Waals surface area contributed by atoms with E-state index in [0.29, 0.717) is 41.9 Å². The van der Waals surface area contributed by atoms with Crippen LogP contribution in [0, 0.1) is 12.7 Å². The van der Waals surface area contributed by atoms with Crippen molar-refractivity contribution in [2.45, 2.75) is 83.0 Å². The fourth-order valence-corrected chi connectivity index (χ4v) is 12.3. The number of aromatic nitrogens is 4. The predicted octanol–water partition coefficient (Wildman–Crippen LogP) is 13.5. The molecule has 11 rings (SSSR count). The van der Waals surface area contributed by atoms with Crippen LogP contribution in [0.5, 0.6) is 34.8 Å². The molecular formula is C64H63ClF6N8O6. The number of fused-ring (bicyclic) bond motifs is 1. The maximum absolute atomic E-state index is 18.6. The topological polar surface area (TPSA) is 120 Å². The van der Waals surface area contributed by atoms with E-state index in [4.69, 9.17) is 55.0 Å². The second-order valence-electron chi connectivity index (χ2n) is 21.7. The first-order chi connectivity index (χ1) is 41.0. The van der Waals surface area contributed by atoms with Crippen LogP contribution in [-0.4, -0.2) is 104 Å². The summed E-state index contributed by atoms with van der Waals surface area (Å²) in [6, 6.07) is 33.9. The summed E-state index contributed by atoms with van der Waals surface area (Å²) in [5, 5.41) is -0.538. The summed E-state index contributed by atoms with van der Waals surface area (Å²) in [5.41, 5.74) is -0.358. The van der Waals surface area contributed by atoms with E-state index in [2.05, 4.69) is 9.88 Å². The van der Waals surface area contributed by atoms with Gasteiger partial charge >= 0.3 is 12.2 Å². The molecule has 0 N–H and O–H groups in total. The monoisotopic (exact) mass is 1190 g/mol. The number of hydrogen-bond acceptors (Lipinski definition) is 14. The van der Waals surface area contributed by atoms with Crippen molar-refractivity contribution in [3.63, 3.8) is 0 Å². The number of nitrogens with zero attached hydrogens (tertiary/aromatic N) is 8. The molecule has 14 nitrogen and oxygen atoms in total. The van der Waals surface area contributed by atoms with E-state index in [1.54, 1.807) is 68.7 Å². The summed E-state index contributed by atoms with van der Waals surface area (Å²) in [5.74, 6) is 1.92. The number of alkyl halides is 5. The van der Waals surface area contributed by atoms with Crippen LogP contribution in [0.2, 0.25) is 5.02 Å². The summed E-state index contributed by atoms with van der Waals surface area (Å²) in [6.07, 6.45) is -5.93. The molecule has 0 aliphatic carbocycles. The fourth-order valence-electron chi connectivity index (χ4n) is 12.0. The minimum atomic E-state index is -5.08. The molecule has 2 fully saturated rings. The van der Waals surface area contributed by atoms with E-state index >= 15 is 26.3 Å². The molecule has 5 aromatic carbocycles. The minimum absolute atomic E-state index is 0.00210. The van der Waals surface area contributed by atoms with Gasteiger partial charge in [0.05, 0.1) is 73.8 Å². The van der Waals surface area contributed by atoms with E-state index in [9.17, 15) is 0 Å². The molecule has 2 saturated heterocycles. The van der Waals surface area contributed by atoms with Gasteiger partial charge in [-0.05, 0) is 102 Å². The van der Waals surface area contributed by atoms with Crippen molar-refractivity contribution in [2.75, 3.05) is 76.0 Å². The van der Waals surface area contributed by atoms with Gasteiger partial charge in [0.1, 0.15) is 71.5 Å².